The molecule has 3 aromatic rings. The molecule has 0 atom stereocenters. The van der Waals surface area contributed by atoms with E-state index in [1.807, 2.05) is 0 Å². The van der Waals surface area contributed by atoms with E-state index in [1.165, 1.54) is 30.3 Å². The van der Waals surface area contributed by atoms with E-state index in [1.54, 1.807) is 0 Å². The number of aromatic nitrogens is 2. The Hall–Kier alpha value is -2.74. The molecule has 0 fully saturated rings. The fourth-order valence-corrected chi connectivity index (χ4v) is 2.94. The van der Waals surface area contributed by atoms with Crippen LogP contribution in [-0.4, -0.2) is 20.6 Å². The van der Waals surface area contributed by atoms with Gasteiger partial charge in [-0.1, -0.05) is 12.1 Å². The molecule has 0 saturated carbocycles. The van der Waals surface area contributed by atoms with Crippen LogP contribution in [0.15, 0.2) is 39.9 Å². The average Bonchev–Trinajstić information content (AvgIpc) is 2.90. The van der Waals surface area contributed by atoms with Crippen molar-refractivity contribution in [3.05, 3.63) is 67.4 Å². The van der Waals surface area contributed by atoms with Crippen LogP contribution in [0.1, 0.15) is 15.2 Å². The largest absolute Gasteiger partial charge is 0.477 e. The maximum atomic E-state index is 12.9. The summed E-state index contributed by atoms with van der Waals surface area (Å²) in [5, 5.41) is 9.09. The lowest BCUT2D eigenvalue weighted by Crippen LogP contribution is -2.34. The second kappa shape index (κ2) is 5.23. The molecule has 0 spiro atoms. The minimum Gasteiger partial charge on any atom is -0.477 e. The highest BCUT2D eigenvalue weighted by atomic mass is 32.1. The summed E-state index contributed by atoms with van der Waals surface area (Å²) in [5.41, 5.74) is -0.630. The van der Waals surface area contributed by atoms with Gasteiger partial charge in [0, 0.05) is 0 Å². The third-order valence-corrected chi connectivity index (χ3v) is 4.18. The van der Waals surface area contributed by atoms with Crippen LogP contribution >= 0.6 is 11.3 Å². The Morgan fingerprint density at radius 3 is 2.59 bits per heavy atom. The average molecular weight is 320 g/mol. The smallest absolute Gasteiger partial charge is 0.345 e. The quantitative estimate of drug-likeness (QED) is 0.767. The van der Waals surface area contributed by atoms with Gasteiger partial charge in [0.2, 0.25) is 0 Å². The maximum Gasteiger partial charge on any atom is 0.345 e. The van der Waals surface area contributed by atoms with Crippen LogP contribution in [0.2, 0.25) is 0 Å². The first-order valence-electron chi connectivity index (χ1n) is 6.20. The Morgan fingerprint density at radius 2 is 1.95 bits per heavy atom. The number of fused-ring (bicyclic) bond motifs is 1. The molecule has 6 nitrogen and oxygen atoms in total. The summed E-state index contributed by atoms with van der Waals surface area (Å²) in [4.78, 5) is 38.0. The van der Waals surface area contributed by atoms with E-state index in [-0.39, 0.29) is 21.6 Å². The third-order valence-electron chi connectivity index (χ3n) is 3.14. The standard InChI is InChI=1S/C14H9FN2O4S/c15-8-3-1-7(2-4-8)6-17-12(18)9-5-10(13(19)20)22-11(9)16-14(17)21/h1-5H,6H2,(H,16,21)(H,19,20). The predicted molar refractivity (Wildman–Crippen MR) is 79.2 cm³/mol. The van der Waals surface area contributed by atoms with Crippen LogP contribution in [0.5, 0.6) is 0 Å². The molecular formula is C14H9FN2O4S. The Bertz CT molecular complexity index is 985. The van der Waals surface area contributed by atoms with Gasteiger partial charge in [0.25, 0.3) is 5.56 Å². The van der Waals surface area contributed by atoms with E-state index in [4.69, 9.17) is 5.11 Å². The molecule has 0 radical (unpaired) electrons. The SMILES string of the molecule is O=C(O)c1cc2c(=O)n(Cc3ccc(F)cc3)c(=O)[nH]c2s1. The number of carboxylic acids is 1. The molecule has 8 heteroatoms. The van der Waals surface area contributed by atoms with Crippen molar-refractivity contribution in [2.75, 3.05) is 0 Å². The number of hydrogen-bond donors (Lipinski definition) is 2. The van der Waals surface area contributed by atoms with Gasteiger partial charge in [-0.25, -0.2) is 14.0 Å². The van der Waals surface area contributed by atoms with Crippen molar-refractivity contribution in [2.24, 2.45) is 0 Å². The van der Waals surface area contributed by atoms with E-state index in [0.717, 1.165) is 15.9 Å². The van der Waals surface area contributed by atoms with Crippen molar-refractivity contribution in [1.82, 2.24) is 9.55 Å². The molecule has 0 unspecified atom stereocenters. The number of aromatic amines is 1. The van der Waals surface area contributed by atoms with E-state index in [9.17, 15) is 18.8 Å². The zero-order valence-corrected chi connectivity index (χ0v) is 11.8. The first-order chi connectivity index (χ1) is 10.5. The molecule has 2 N–H and O–H groups in total. The maximum absolute atomic E-state index is 12.9. The lowest BCUT2D eigenvalue weighted by molar-refractivity contribution is 0.0702. The number of aromatic carboxylic acids is 1. The Morgan fingerprint density at radius 1 is 1.27 bits per heavy atom. The molecule has 3 rings (SSSR count). The molecular weight excluding hydrogens is 311 g/mol. The van der Waals surface area contributed by atoms with Gasteiger partial charge in [-0.05, 0) is 23.8 Å². The van der Waals surface area contributed by atoms with Crippen molar-refractivity contribution >= 4 is 27.5 Å². The number of carbonyl (C=O) groups is 1. The summed E-state index contributed by atoms with van der Waals surface area (Å²) in [6, 6.07) is 6.66. The van der Waals surface area contributed by atoms with E-state index < -0.39 is 23.0 Å². The molecule has 112 valence electrons. The van der Waals surface area contributed by atoms with Crippen LogP contribution < -0.4 is 11.2 Å². The van der Waals surface area contributed by atoms with E-state index in [0.29, 0.717) is 5.56 Å². The number of rotatable bonds is 3. The number of nitrogens with zero attached hydrogens (tertiary/aromatic N) is 1. The Labute approximate surface area is 126 Å². The van der Waals surface area contributed by atoms with Crippen molar-refractivity contribution in [3.8, 4) is 0 Å². The summed E-state index contributed by atoms with van der Waals surface area (Å²) in [7, 11) is 0. The van der Waals surface area contributed by atoms with Crippen molar-refractivity contribution in [2.45, 2.75) is 6.54 Å². The first kappa shape index (κ1) is 14.2. The fourth-order valence-electron chi connectivity index (χ4n) is 2.07. The second-order valence-electron chi connectivity index (χ2n) is 4.61. The third kappa shape index (κ3) is 2.44. The van der Waals surface area contributed by atoms with Crippen molar-refractivity contribution in [1.29, 1.82) is 0 Å². The Balaban J connectivity index is 2.13. The highest BCUT2D eigenvalue weighted by Crippen LogP contribution is 2.20. The first-order valence-corrected chi connectivity index (χ1v) is 7.02. The number of halogens is 1. The van der Waals surface area contributed by atoms with Gasteiger partial charge in [0.15, 0.2) is 0 Å². The van der Waals surface area contributed by atoms with Crippen LogP contribution in [0, 0.1) is 5.82 Å². The molecule has 0 aliphatic rings. The van der Waals surface area contributed by atoms with Crippen LogP contribution in [0.25, 0.3) is 10.2 Å². The number of H-pyrrole nitrogens is 1. The second-order valence-corrected chi connectivity index (χ2v) is 5.66. The zero-order valence-electron chi connectivity index (χ0n) is 11.0. The topological polar surface area (TPSA) is 92.2 Å². The van der Waals surface area contributed by atoms with Crippen LogP contribution in [0.3, 0.4) is 0 Å². The monoisotopic (exact) mass is 320 g/mol. The molecule has 2 heterocycles. The van der Waals surface area contributed by atoms with Crippen molar-refractivity contribution < 1.29 is 14.3 Å². The normalized spacial score (nSPS) is 11.0. The molecule has 0 bridgehead atoms. The van der Waals surface area contributed by atoms with Crippen LogP contribution in [0.4, 0.5) is 4.39 Å². The molecule has 2 aromatic heterocycles. The number of nitrogens with one attached hydrogen (secondary N) is 1. The number of benzene rings is 1. The highest BCUT2D eigenvalue weighted by molar-refractivity contribution is 7.20. The van der Waals surface area contributed by atoms with Crippen molar-refractivity contribution in [3.63, 3.8) is 0 Å². The van der Waals surface area contributed by atoms with Gasteiger partial charge >= 0.3 is 11.7 Å². The number of hydrogen-bond acceptors (Lipinski definition) is 4. The number of thiophene rings is 1. The Kier molecular flexibility index (Phi) is 3.38. The molecule has 0 aliphatic heterocycles. The van der Waals surface area contributed by atoms with Gasteiger partial charge in [0.1, 0.15) is 15.5 Å². The van der Waals surface area contributed by atoms with Gasteiger partial charge in [0.05, 0.1) is 11.9 Å². The lowest BCUT2D eigenvalue weighted by Gasteiger charge is -2.04. The summed E-state index contributed by atoms with van der Waals surface area (Å²) in [6.45, 7) is -0.0252. The zero-order chi connectivity index (χ0) is 15.9. The summed E-state index contributed by atoms with van der Waals surface area (Å²) >= 11 is 0.833. The van der Waals surface area contributed by atoms with Crippen LogP contribution in [-0.2, 0) is 6.54 Å². The molecule has 0 saturated heterocycles. The predicted octanol–water partition coefficient (Wildman–Crippen LogP) is 1.64. The fraction of sp³-hybridized carbons (Fsp3) is 0.0714. The molecule has 1 aromatic carbocycles. The summed E-state index contributed by atoms with van der Waals surface area (Å²) in [5.74, 6) is -1.57. The lowest BCUT2D eigenvalue weighted by atomic mass is 10.2. The summed E-state index contributed by atoms with van der Waals surface area (Å²) in [6.07, 6.45) is 0. The van der Waals surface area contributed by atoms with E-state index in [2.05, 4.69) is 4.98 Å². The molecule has 0 amide bonds. The minimum atomic E-state index is -1.16. The van der Waals surface area contributed by atoms with Gasteiger partial charge in [-0.15, -0.1) is 11.3 Å². The minimum absolute atomic E-state index is 0.0252. The van der Waals surface area contributed by atoms with Gasteiger partial charge in [-0.2, -0.15) is 0 Å². The summed E-state index contributed by atoms with van der Waals surface area (Å²) < 4.78 is 13.8. The molecule has 0 aliphatic carbocycles. The van der Waals surface area contributed by atoms with Gasteiger partial charge in [-0.3, -0.25) is 14.3 Å². The van der Waals surface area contributed by atoms with Gasteiger partial charge < -0.3 is 5.11 Å². The van der Waals surface area contributed by atoms with E-state index >= 15 is 0 Å². The molecule has 22 heavy (non-hydrogen) atoms. The number of carboxylic acid groups (broad SMARTS) is 1. The highest BCUT2D eigenvalue weighted by Gasteiger charge is 2.14.